The standard InChI is InChI=1S/C33H39F3N2O4/c1-20-16-26(21-6-7-21)27(25-13-15-38(29(20)25)31(40)42-32(2,3)4)17-24-12-14-37(19-33(34,35)36)18-28(24)22-8-10-23(11-9-22)30(39)41-5/h8-11,13,15-16,21,24,28H,6-7,12,14,17-19H2,1-5H3/t24-,28?/m0/s1. The number of ether oxygens (including phenoxy) is 2. The molecule has 3 aromatic rings. The molecule has 2 atom stereocenters. The van der Waals surface area contributed by atoms with Crippen molar-refractivity contribution in [2.75, 3.05) is 26.7 Å². The van der Waals surface area contributed by atoms with Crippen molar-refractivity contribution in [3.63, 3.8) is 0 Å². The van der Waals surface area contributed by atoms with Crippen LogP contribution in [0.15, 0.2) is 42.6 Å². The van der Waals surface area contributed by atoms with Crippen LogP contribution in [-0.4, -0.2) is 60.1 Å². The SMILES string of the molecule is COC(=O)c1ccc(C2CN(CC(F)(F)F)CC[C@H]2Cc2c(C3CC3)cc(C)c3c2ccn3C(=O)OC(C)(C)C)cc1. The van der Waals surface area contributed by atoms with Gasteiger partial charge in [0.2, 0.25) is 0 Å². The van der Waals surface area contributed by atoms with E-state index in [-0.39, 0.29) is 18.4 Å². The van der Waals surface area contributed by atoms with E-state index in [0.717, 1.165) is 34.9 Å². The van der Waals surface area contributed by atoms with E-state index in [1.165, 1.54) is 23.1 Å². The lowest BCUT2D eigenvalue weighted by atomic mass is 9.75. The molecule has 1 aliphatic heterocycles. The molecule has 1 saturated carbocycles. The van der Waals surface area contributed by atoms with Gasteiger partial charge in [0.15, 0.2) is 0 Å². The first kappa shape index (κ1) is 30.1. The van der Waals surface area contributed by atoms with Gasteiger partial charge in [0.05, 0.1) is 24.7 Å². The van der Waals surface area contributed by atoms with Crippen LogP contribution in [0.3, 0.4) is 0 Å². The van der Waals surface area contributed by atoms with Crippen molar-refractivity contribution in [1.29, 1.82) is 0 Å². The van der Waals surface area contributed by atoms with E-state index in [1.54, 1.807) is 22.9 Å². The van der Waals surface area contributed by atoms with Gasteiger partial charge in [-0.2, -0.15) is 13.2 Å². The molecule has 226 valence electrons. The van der Waals surface area contributed by atoms with Gasteiger partial charge in [-0.1, -0.05) is 18.2 Å². The molecular weight excluding hydrogens is 545 g/mol. The predicted molar refractivity (Wildman–Crippen MR) is 155 cm³/mol. The number of likely N-dealkylation sites (tertiary alicyclic amines) is 1. The highest BCUT2D eigenvalue weighted by Gasteiger charge is 2.38. The van der Waals surface area contributed by atoms with E-state index in [1.807, 2.05) is 45.9 Å². The number of methoxy groups -OCH3 is 1. The molecular formula is C33H39F3N2O4. The summed E-state index contributed by atoms with van der Waals surface area (Å²) in [6.07, 6.45) is 0.547. The maximum atomic E-state index is 13.4. The molecule has 0 bridgehead atoms. The molecule has 6 nitrogen and oxygen atoms in total. The third-order valence-corrected chi connectivity index (χ3v) is 8.38. The Balaban J connectivity index is 1.53. The highest BCUT2D eigenvalue weighted by atomic mass is 19.4. The minimum atomic E-state index is -4.28. The Labute approximate surface area is 244 Å². The van der Waals surface area contributed by atoms with Gasteiger partial charge in [0.25, 0.3) is 0 Å². The molecule has 5 rings (SSSR count). The van der Waals surface area contributed by atoms with Crippen LogP contribution in [0, 0.1) is 12.8 Å². The minimum Gasteiger partial charge on any atom is -0.465 e. The van der Waals surface area contributed by atoms with Gasteiger partial charge in [-0.3, -0.25) is 9.47 Å². The van der Waals surface area contributed by atoms with E-state index >= 15 is 0 Å². The average Bonchev–Trinajstić information content (AvgIpc) is 3.65. The Morgan fingerprint density at radius 3 is 2.31 bits per heavy atom. The van der Waals surface area contributed by atoms with Crippen molar-refractivity contribution >= 4 is 23.0 Å². The lowest BCUT2D eigenvalue weighted by Crippen LogP contribution is -2.44. The number of benzene rings is 2. The molecule has 0 N–H and O–H groups in total. The molecule has 1 aromatic heterocycles. The van der Waals surface area contributed by atoms with E-state index < -0.39 is 30.4 Å². The summed E-state index contributed by atoms with van der Waals surface area (Å²) in [6.45, 7) is 7.20. The number of piperidine rings is 1. The summed E-state index contributed by atoms with van der Waals surface area (Å²) in [7, 11) is 1.32. The fourth-order valence-electron chi connectivity index (χ4n) is 6.41. The zero-order valence-corrected chi connectivity index (χ0v) is 24.9. The molecule has 0 amide bonds. The lowest BCUT2D eigenvalue weighted by molar-refractivity contribution is -0.149. The molecule has 2 heterocycles. The third kappa shape index (κ3) is 6.66. The Morgan fingerprint density at radius 2 is 1.71 bits per heavy atom. The van der Waals surface area contributed by atoms with Crippen LogP contribution >= 0.6 is 0 Å². The number of hydrogen-bond acceptors (Lipinski definition) is 5. The van der Waals surface area contributed by atoms with Crippen molar-refractivity contribution in [3.8, 4) is 0 Å². The highest BCUT2D eigenvalue weighted by molar-refractivity contribution is 5.94. The van der Waals surface area contributed by atoms with Crippen molar-refractivity contribution < 1.29 is 32.2 Å². The Hall–Kier alpha value is -3.33. The molecule has 2 fully saturated rings. The first-order valence-electron chi connectivity index (χ1n) is 14.6. The number of nitrogens with zero attached hydrogens (tertiary/aromatic N) is 2. The Morgan fingerprint density at radius 1 is 1.02 bits per heavy atom. The Kier molecular flexibility index (Phi) is 8.18. The van der Waals surface area contributed by atoms with E-state index in [2.05, 4.69) is 6.07 Å². The number of halogens is 3. The zero-order valence-electron chi connectivity index (χ0n) is 24.9. The molecule has 2 aromatic carbocycles. The van der Waals surface area contributed by atoms with Crippen LogP contribution in [0.25, 0.3) is 10.9 Å². The minimum absolute atomic E-state index is 0.0757. The van der Waals surface area contributed by atoms with E-state index in [4.69, 9.17) is 9.47 Å². The topological polar surface area (TPSA) is 60.8 Å². The number of carbonyl (C=O) groups is 2. The quantitative estimate of drug-likeness (QED) is 0.279. The van der Waals surface area contributed by atoms with Crippen LogP contribution in [0.2, 0.25) is 0 Å². The first-order valence-corrected chi connectivity index (χ1v) is 14.6. The summed E-state index contributed by atoms with van der Waals surface area (Å²) >= 11 is 0. The summed E-state index contributed by atoms with van der Waals surface area (Å²) in [5.41, 5.74) is 4.94. The molecule has 9 heteroatoms. The number of fused-ring (bicyclic) bond motifs is 1. The lowest BCUT2D eigenvalue weighted by Gasteiger charge is -2.39. The second kappa shape index (κ2) is 11.4. The van der Waals surface area contributed by atoms with Gasteiger partial charge < -0.3 is 9.47 Å². The van der Waals surface area contributed by atoms with Crippen molar-refractivity contribution in [1.82, 2.24) is 9.47 Å². The number of rotatable bonds is 6. The van der Waals surface area contributed by atoms with Gasteiger partial charge in [0.1, 0.15) is 5.60 Å². The van der Waals surface area contributed by atoms with Gasteiger partial charge in [0, 0.05) is 18.1 Å². The number of hydrogen-bond donors (Lipinski definition) is 0. The molecule has 0 spiro atoms. The highest BCUT2D eigenvalue weighted by Crippen LogP contribution is 2.46. The second-order valence-corrected chi connectivity index (χ2v) is 12.8. The zero-order chi connectivity index (χ0) is 30.4. The van der Waals surface area contributed by atoms with Gasteiger partial charge in [-0.25, -0.2) is 9.59 Å². The van der Waals surface area contributed by atoms with Crippen LogP contribution < -0.4 is 0 Å². The maximum absolute atomic E-state index is 13.4. The van der Waals surface area contributed by atoms with Crippen LogP contribution in [0.4, 0.5) is 18.0 Å². The number of alkyl halides is 3. The fraction of sp³-hybridized carbons (Fsp3) is 0.515. The summed E-state index contributed by atoms with van der Waals surface area (Å²) in [5.74, 6) is -0.0852. The van der Waals surface area contributed by atoms with Crippen molar-refractivity contribution in [2.45, 2.75) is 77.0 Å². The molecule has 2 aliphatic rings. The second-order valence-electron chi connectivity index (χ2n) is 12.8. The van der Waals surface area contributed by atoms with Gasteiger partial charge in [-0.05, 0) is 118 Å². The number of aryl methyl sites for hydroxylation is 1. The molecule has 1 saturated heterocycles. The van der Waals surface area contributed by atoms with Gasteiger partial charge >= 0.3 is 18.2 Å². The molecule has 42 heavy (non-hydrogen) atoms. The van der Waals surface area contributed by atoms with Crippen LogP contribution in [0.1, 0.15) is 84.5 Å². The van der Waals surface area contributed by atoms with E-state index in [0.29, 0.717) is 30.9 Å². The maximum Gasteiger partial charge on any atom is 0.418 e. The van der Waals surface area contributed by atoms with Crippen LogP contribution in [-0.2, 0) is 15.9 Å². The van der Waals surface area contributed by atoms with Gasteiger partial charge in [-0.15, -0.1) is 0 Å². The van der Waals surface area contributed by atoms with Crippen LogP contribution in [0.5, 0.6) is 0 Å². The van der Waals surface area contributed by atoms with Crippen molar-refractivity contribution in [3.05, 3.63) is 70.4 Å². The summed E-state index contributed by atoms with van der Waals surface area (Å²) in [4.78, 5) is 26.6. The average molecular weight is 585 g/mol. The molecule has 0 radical (unpaired) electrons. The Bertz CT molecular complexity index is 1470. The number of aromatic nitrogens is 1. The third-order valence-electron chi connectivity index (χ3n) is 8.38. The monoisotopic (exact) mass is 584 g/mol. The number of carbonyl (C=O) groups excluding carboxylic acids is 2. The number of esters is 1. The molecule has 1 aliphatic carbocycles. The first-order chi connectivity index (χ1) is 19.7. The van der Waals surface area contributed by atoms with E-state index in [9.17, 15) is 22.8 Å². The fourth-order valence-corrected chi connectivity index (χ4v) is 6.41. The normalized spacial score (nSPS) is 20.1. The summed E-state index contributed by atoms with van der Waals surface area (Å²) < 4.78 is 52.3. The smallest absolute Gasteiger partial charge is 0.418 e. The summed E-state index contributed by atoms with van der Waals surface area (Å²) in [5, 5.41) is 1.00. The largest absolute Gasteiger partial charge is 0.465 e. The predicted octanol–water partition coefficient (Wildman–Crippen LogP) is 7.61. The molecule has 1 unspecified atom stereocenters. The summed E-state index contributed by atoms with van der Waals surface area (Å²) in [6, 6.07) is 11.2. The van der Waals surface area contributed by atoms with Crippen molar-refractivity contribution in [2.24, 2.45) is 5.92 Å².